The molecule has 128 valence electrons. The molecule has 0 amide bonds. The molecule has 4 nitrogen and oxygen atoms in total. The SMILES string of the molecule is COc1ccc(NC(N)=NCC(C)(C)c2cccc(F)c2)cc1Cl. The Balaban J connectivity index is 2.07. The normalized spacial score (nSPS) is 12.1. The van der Waals surface area contributed by atoms with Crippen LogP contribution in [-0.2, 0) is 5.41 Å². The summed E-state index contributed by atoms with van der Waals surface area (Å²) in [5, 5.41) is 3.46. The molecule has 2 aromatic rings. The molecule has 0 aliphatic rings. The van der Waals surface area contributed by atoms with Crippen LogP contribution < -0.4 is 15.8 Å². The van der Waals surface area contributed by atoms with Crippen molar-refractivity contribution in [2.24, 2.45) is 10.7 Å². The number of nitrogens with zero attached hydrogens (tertiary/aromatic N) is 1. The molecule has 0 saturated heterocycles. The summed E-state index contributed by atoms with van der Waals surface area (Å²) in [5.41, 5.74) is 7.17. The highest BCUT2D eigenvalue weighted by Gasteiger charge is 2.20. The topological polar surface area (TPSA) is 59.6 Å². The largest absolute Gasteiger partial charge is 0.495 e. The number of guanidine groups is 1. The Bertz CT molecular complexity index is 747. The molecule has 0 aliphatic carbocycles. The van der Waals surface area contributed by atoms with Crippen LogP contribution >= 0.6 is 11.6 Å². The lowest BCUT2D eigenvalue weighted by Gasteiger charge is -2.23. The maximum atomic E-state index is 13.4. The number of anilines is 1. The van der Waals surface area contributed by atoms with Gasteiger partial charge >= 0.3 is 0 Å². The van der Waals surface area contributed by atoms with E-state index in [9.17, 15) is 4.39 Å². The number of rotatable bonds is 5. The average molecular weight is 350 g/mol. The molecule has 0 atom stereocenters. The van der Waals surface area contributed by atoms with Crippen molar-refractivity contribution >= 4 is 23.2 Å². The van der Waals surface area contributed by atoms with Gasteiger partial charge in [-0.2, -0.15) is 0 Å². The summed E-state index contributed by atoms with van der Waals surface area (Å²) in [6.07, 6.45) is 0. The molecule has 0 spiro atoms. The lowest BCUT2D eigenvalue weighted by molar-refractivity contribution is 0.415. The van der Waals surface area contributed by atoms with Crippen molar-refractivity contribution in [3.63, 3.8) is 0 Å². The lowest BCUT2D eigenvalue weighted by atomic mass is 9.85. The zero-order valence-corrected chi connectivity index (χ0v) is 14.7. The average Bonchev–Trinajstić information content (AvgIpc) is 2.53. The summed E-state index contributed by atoms with van der Waals surface area (Å²) in [5.74, 6) is 0.592. The second-order valence-corrected chi connectivity index (χ2v) is 6.48. The van der Waals surface area contributed by atoms with Crippen LogP contribution in [0.3, 0.4) is 0 Å². The van der Waals surface area contributed by atoms with E-state index < -0.39 is 0 Å². The standard InChI is InChI=1S/C18H21ClFN3O/c1-18(2,12-5-4-6-13(20)9-12)11-22-17(21)23-14-7-8-16(24-3)15(19)10-14/h4-10H,11H2,1-3H3,(H3,21,22,23). The fourth-order valence-corrected chi connectivity index (χ4v) is 2.47. The minimum atomic E-state index is -0.341. The van der Waals surface area contributed by atoms with E-state index in [-0.39, 0.29) is 17.2 Å². The minimum Gasteiger partial charge on any atom is -0.495 e. The zero-order valence-electron chi connectivity index (χ0n) is 13.9. The number of hydrogen-bond acceptors (Lipinski definition) is 2. The van der Waals surface area contributed by atoms with E-state index in [1.54, 1.807) is 31.4 Å². The highest BCUT2D eigenvalue weighted by atomic mass is 35.5. The number of benzene rings is 2. The highest BCUT2D eigenvalue weighted by molar-refractivity contribution is 6.32. The van der Waals surface area contributed by atoms with Crippen molar-refractivity contribution < 1.29 is 9.13 Å². The summed E-state index contributed by atoms with van der Waals surface area (Å²) < 4.78 is 18.5. The van der Waals surface area contributed by atoms with Gasteiger partial charge in [0.15, 0.2) is 5.96 Å². The zero-order chi connectivity index (χ0) is 17.7. The minimum absolute atomic E-state index is 0.261. The van der Waals surface area contributed by atoms with Crippen molar-refractivity contribution in [1.82, 2.24) is 0 Å². The molecule has 0 aliphatic heterocycles. The predicted octanol–water partition coefficient (Wildman–Crippen LogP) is 4.19. The van der Waals surface area contributed by atoms with E-state index in [4.69, 9.17) is 22.1 Å². The lowest BCUT2D eigenvalue weighted by Crippen LogP contribution is -2.27. The molecule has 2 aromatic carbocycles. The first-order valence-corrected chi connectivity index (χ1v) is 7.86. The third-order valence-electron chi connectivity index (χ3n) is 3.67. The molecule has 0 radical (unpaired) electrons. The van der Waals surface area contributed by atoms with Gasteiger partial charge in [-0.25, -0.2) is 4.39 Å². The quantitative estimate of drug-likeness (QED) is 0.628. The van der Waals surface area contributed by atoms with Gasteiger partial charge in [0.25, 0.3) is 0 Å². The number of methoxy groups -OCH3 is 1. The molecular weight excluding hydrogens is 329 g/mol. The fraction of sp³-hybridized carbons (Fsp3) is 0.278. The Morgan fingerprint density at radius 2 is 2.04 bits per heavy atom. The first kappa shape index (κ1) is 18.1. The van der Waals surface area contributed by atoms with E-state index in [2.05, 4.69) is 10.3 Å². The Hall–Kier alpha value is -2.27. The third-order valence-corrected chi connectivity index (χ3v) is 3.97. The van der Waals surface area contributed by atoms with Gasteiger partial charge < -0.3 is 15.8 Å². The number of aliphatic imine (C=N–C) groups is 1. The molecular formula is C18H21ClFN3O. The Kier molecular flexibility index (Phi) is 5.67. The van der Waals surface area contributed by atoms with Crippen LogP contribution in [0.1, 0.15) is 19.4 Å². The summed E-state index contributed by atoms with van der Waals surface area (Å²) >= 11 is 6.08. The number of nitrogens with one attached hydrogen (secondary N) is 1. The summed E-state index contributed by atoms with van der Waals surface area (Å²) in [6.45, 7) is 4.39. The molecule has 6 heteroatoms. The molecule has 0 heterocycles. The van der Waals surface area contributed by atoms with Gasteiger partial charge in [-0.3, -0.25) is 4.99 Å². The fourth-order valence-electron chi connectivity index (χ4n) is 2.22. The molecule has 0 unspecified atom stereocenters. The van der Waals surface area contributed by atoms with Gasteiger partial charge in [0, 0.05) is 11.1 Å². The maximum absolute atomic E-state index is 13.4. The Labute approximate surface area is 146 Å². The van der Waals surface area contributed by atoms with Crippen molar-refractivity contribution in [3.05, 3.63) is 58.9 Å². The van der Waals surface area contributed by atoms with Crippen LogP contribution in [0.5, 0.6) is 5.75 Å². The second-order valence-electron chi connectivity index (χ2n) is 6.07. The van der Waals surface area contributed by atoms with E-state index in [1.807, 2.05) is 19.9 Å². The summed E-state index contributed by atoms with van der Waals surface area (Å²) in [6, 6.07) is 11.8. The third kappa shape index (κ3) is 4.61. The second kappa shape index (κ2) is 7.53. The smallest absolute Gasteiger partial charge is 0.193 e. The van der Waals surface area contributed by atoms with Crippen LogP contribution in [0.15, 0.2) is 47.5 Å². The Morgan fingerprint density at radius 1 is 1.29 bits per heavy atom. The van der Waals surface area contributed by atoms with Gasteiger partial charge in [-0.05, 0) is 35.9 Å². The predicted molar refractivity (Wildman–Crippen MR) is 97.5 cm³/mol. The number of halogens is 2. The van der Waals surface area contributed by atoms with Gasteiger partial charge in [-0.15, -0.1) is 0 Å². The van der Waals surface area contributed by atoms with Crippen LogP contribution in [-0.4, -0.2) is 19.6 Å². The van der Waals surface area contributed by atoms with Crippen molar-refractivity contribution in [2.75, 3.05) is 19.0 Å². The van der Waals surface area contributed by atoms with E-state index in [1.165, 1.54) is 12.1 Å². The van der Waals surface area contributed by atoms with Crippen molar-refractivity contribution in [3.8, 4) is 5.75 Å². The van der Waals surface area contributed by atoms with Gasteiger partial charge in [0.2, 0.25) is 0 Å². The van der Waals surface area contributed by atoms with Crippen molar-refractivity contribution in [2.45, 2.75) is 19.3 Å². The van der Waals surface area contributed by atoms with Crippen LogP contribution in [0.25, 0.3) is 0 Å². The summed E-state index contributed by atoms with van der Waals surface area (Å²) in [7, 11) is 1.55. The summed E-state index contributed by atoms with van der Waals surface area (Å²) in [4.78, 5) is 4.36. The molecule has 0 fully saturated rings. The molecule has 3 N–H and O–H groups in total. The number of ether oxygens (including phenoxy) is 1. The molecule has 0 aromatic heterocycles. The first-order chi connectivity index (χ1) is 11.3. The van der Waals surface area contributed by atoms with Crippen LogP contribution in [0.4, 0.5) is 10.1 Å². The number of hydrogen-bond donors (Lipinski definition) is 2. The van der Waals surface area contributed by atoms with Gasteiger partial charge in [0.1, 0.15) is 11.6 Å². The van der Waals surface area contributed by atoms with E-state index in [0.717, 1.165) is 5.56 Å². The maximum Gasteiger partial charge on any atom is 0.193 e. The molecule has 0 saturated carbocycles. The monoisotopic (exact) mass is 349 g/mol. The molecule has 2 rings (SSSR count). The van der Waals surface area contributed by atoms with Crippen LogP contribution in [0, 0.1) is 5.82 Å². The van der Waals surface area contributed by atoms with Crippen molar-refractivity contribution in [1.29, 1.82) is 0 Å². The van der Waals surface area contributed by atoms with Gasteiger partial charge in [0.05, 0.1) is 18.7 Å². The van der Waals surface area contributed by atoms with E-state index >= 15 is 0 Å². The van der Waals surface area contributed by atoms with Crippen LogP contribution in [0.2, 0.25) is 5.02 Å². The van der Waals surface area contributed by atoms with E-state index in [0.29, 0.717) is 23.0 Å². The molecule has 0 bridgehead atoms. The first-order valence-electron chi connectivity index (χ1n) is 7.48. The Morgan fingerprint density at radius 3 is 2.67 bits per heavy atom. The van der Waals surface area contributed by atoms with Gasteiger partial charge in [-0.1, -0.05) is 37.6 Å². The highest BCUT2D eigenvalue weighted by Crippen LogP contribution is 2.27. The molecule has 24 heavy (non-hydrogen) atoms. The number of nitrogens with two attached hydrogens (primary N) is 1.